The summed E-state index contributed by atoms with van der Waals surface area (Å²) in [5, 5.41) is 2.75. The van der Waals surface area contributed by atoms with Gasteiger partial charge >= 0.3 is 5.63 Å². The average molecular weight is 407 g/mol. The highest BCUT2D eigenvalue weighted by Gasteiger charge is 2.20. The SMILES string of the molecule is CCc1ccc2c(c1)c1c3cc(Cl)cnc3oc(=O)c1n2Cc1ccccc1F. The molecule has 29 heavy (non-hydrogen) atoms. The molecular formula is C23H16ClFN2O2. The van der Waals surface area contributed by atoms with Gasteiger partial charge in [-0.05, 0) is 36.2 Å². The maximum atomic E-state index is 14.4. The lowest BCUT2D eigenvalue weighted by Gasteiger charge is -2.08. The van der Waals surface area contributed by atoms with Gasteiger partial charge in [-0.25, -0.2) is 14.2 Å². The summed E-state index contributed by atoms with van der Waals surface area (Å²) in [4.78, 5) is 17.1. The first kappa shape index (κ1) is 17.9. The Morgan fingerprint density at radius 1 is 1.14 bits per heavy atom. The minimum atomic E-state index is -0.507. The molecule has 0 saturated heterocycles. The predicted molar refractivity (Wildman–Crippen MR) is 113 cm³/mol. The van der Waals surface area contributed by atoms with E-state index in [4.69, 9.17) is 16.0 Å². The summed E-state index contributed by atoms with van der Waals surface area (Å²) in [6.07, 6.45) is 2.31. The standard InChI is InChI=1S/C23H16ClFN2O2/c1-2-13-7-8-19-16(9-13)20-17-10-15(24)11-26-22(17)29-23(28)21(20)27(19)12-14-5-3-4-6-18(14)25/h3-11H,2,12H2,1H3. The third-order valence-electron chi connectivity index (χ3n) is 5.29. The molecule has 3 heterocycles. The molecule has 0 aliphatic carbocycles. The maximum absolute atomic E-state index is 14.4. The smallest absolute Gasteiger partial charge is 0.362 e. The van der Waals surface area contributed by atoms with Crippen LogP contribution in [0, 0.1) is 5.82 Å². The van der Waals surface area contributed by atoms with E-state index in [0.29, 0.717) is 21.5 Å². The molecule has 2 aromatic carbocycles. The van der Waals surface area contributed by atoms with Crippen LogP contribution in [0.5, 0.6) is 0 Å². The Labute approximate surface area is 170 Å². The summed E-state index contributed by atoms with van der Waals surface area (Å²) in [5.74, 6) is -0.317. The Balaban J connectivity index is 1.96. The van der Waals surface area contributed by atoms with E-state index < -0.39 is 5.63 Å². The van der Waals surface area contributed by atoms with Crippen LogP contribution in [0.15, 0.2) is 63.9 Å². The van der Waals surface area contributed by atoms with Gasteiger partial charge in [0.25, 0.3) is 0 Å². The molecule has 0 amide bonds. The van der Waals surface area contributed by atoms with Gasteiger partial charge in [-0.3, -0.25) is 0 Å². The molecule has 5 aromatic rings. The molecule has 3 aromatic heterocycles. The number of aryl methyl sites for hydroxylation is 1. The first-order chi connectivity index (χ1) is 14.1. The molecule has 0 fully saturated rings. The van der Waals surface area contributed by atoms with E-state index in [9.17, 15) is 9.18 Å². The van der Waals surface area contributed by atoms with Crippen LogP contribution in [-0.2, 0) is 13.0 Å². The van der Waals surface area contributed by atoms with Gasteiger partial charge in [-0.15, -0.1) is 0 Å². The normalized spacial score (nSPS) is 11.7. The molecule has 0 aliphatic rings. The average Bonchev–Trinajstić information content (AvgIpc) is 3.05. The Morgan fingerprint density at radius 2 is 1.97 bits per heavy atom. The van der Waals surface area contributed by atoms with Crippen LogP contribution in [0.4, 0.5) is 4.39 Å². The number of fused-ring (bicyclic) bond motifs is 5. The van der Waals surface area contributed by atoms with Crippen molar-refractivity contribution in [1.29, 1.82) is 0 Å². The number of hydrogen-bond donors (Lipinski definition) is 0. The van der Waals surface area contributed by atoms with Gasteiger partial charge < -0.3 is 8.98 Å². The van der Waals surface area contributed by atoms with Crippen LogP contribution >= 0.6 is 11.6 Å². The molecule has 5 rings (SSSR count). The molecule has 0 saturated carbocycles. The lowest BCUT2D eigenvalue weighted by atomic mass is 10.1. The highest BCUT2D eigenvalue weighted by Crippen LogP contribution is 2.34. The summed E-state index contributed by atoms with van der Waals surface area (Å²) in [5.41, 5.74) is 2.58. The van der Waals surface area contributed by atoms with E-state index in [2.05, 4.69) is 18.0 Å². The number of pyridine rings is 1. The predicted octanol–water partition coefficient (Wildman–Crippen LogP) is 5.70. The Bertz CT molecular complexity index is 1470. The van der Waals surface area contributed by atoms with Crippen molar-refractivity contribution in [2.75, 3.05) is 0 Å². The van der Waals surface area contributed by atoms with Crippen molar-refractivity contribution in [1.82, 2.24) is 9.55 Å². The van der Waals surface area contributed by atoms with Gasteiger partial charge in [0.15, 0.2) is 0 Å². The van der Waals surface area contributed by atoms with Crippen LogP contribution in [0.25, 0.3) is 32.9 Å². The van der Waals surface area contributed by atoms with Crippen molar-refractivity contribution >= 4 is 44.5 Å². The van der Waals surface area contributed by atoms with Crippen LogP contribution in [0.1, 0.15) is 18.1 Å². The largest absolute Gasteiger partial charge is 0.402 e. The van der Waals surface area contributed by atoms with Crippen LogP contribution < -0.4 is 5.63 Å². The van der Waals surface area contributed by atoms with E-state index in [1.807, 2.05) is 16.7 Å². The fourth-order valence-electron chi connectivity index (χ4n) is 3.89. The van der Waals surface area contributed by atoms with Gasteiger partial charge in [0.2, 0.25) is 5.71 Å². The second kappa shape index (κ2) is 6.71. The second-order valence-electron chi connectivity index (χ2n) is 7.00. The second-order valence-corrected chi connectivity index (χ2v) is 7.44. The summed E-state index contributed by atoms with van der Waals surface area (Å²) >= 11 is 6.19. The lowest BCUT2D eigenvalue weighted by Crippen LogP contribution is -2.09. The topological polar surface area (TPSA) is 48.0 Å². The van der Waals surface area contributed by atoms with E-state index in [1.54, 1.807) is 24.3 Å². The van der Waals surface area contributed by atoms with Gasteiger partial charge in [0, 0.05) is 33.4 Å². The molecule has 0 atom stereocenters. The molecule has 0 spiro atoms. The molecular weight excluding hydrogens is 391 g/mol. The zero-order chi connectivity index (χ0) is 20.1. The van der Waals surface area contributed by atoms with Gasteiger partial charge in [-0.2, -0.15) is 0 Å². The van der Waals surface area contributed by atoms with Crippen molar-refractivity contribution in [2.45, 2.75) is 19.9 Å². The zero-order valence-electron chi connectivity index (χ0n) is 15.6. The summed E-state index contributed by atoms with van der Waals surface area (Å²) in [6, 6.07) is 14.4. The Hall–Kier alpha value is -3.18. The Morgan fingerprint density at radius 3 is 2.76 bits per heavy atom. The fraction of sp³-hybridized carbons (Fsp3) is 0.130. The van der Waals surface area contributed by atoms with Crippen molar-refractivity contribution < 1.29 is 8.81 Å². The van der Waals surface area contributed by atoms with Gasteiger partial charge in [0.1, 0.15) is 11.3 Å². The molecule has 6 heteroatoms. The molecule has 0 N–H and O–H groups in total. The summed E-state index contributed by atoms with van der Waals surface area (Å²) in [6.45, 7) is 2.28. The number of nitrogens with zero attached hydrogens (tertiary/aromatic N) is 2. The highest BCUT2D eigenvalue weighted by atomic mass is 35.5. The van der Waals surface area contributed by atoms with Crippen molar-refractivity contribution in [3.63, 3.8) is 0 Å². The van der Waals surface area contributed by atoms with Crippen LogP contribution in [-0.4, -0.2) is 9.55 Å². The van der Waals surface area contributed by atoms with Crippen LogP contribution in [0.3, 0.4) is 0 Å². The van der Waals surface area contributed by atoms with Crippen molar-refractivity contribution in [3.05, 3.63) is 87.1 Å². The zero-order valence-corrected chi connectivity index (χ0v) is 16.3. The Kier molecular flexibility index (Phi) is 4.14. The third-order valence-corrected chi connectivity index (χ3v) is 5.50. The van der Waals surface area contributed by atoms with E-state index in [-0.39, 0.29) is 18.1 Å². The maximum Gasteiger partial charge on any atom is 0.362 e. The van der Waals surface area contributed by atoms with Crippen molar-refractivity contribution in [2.24, 2.45) is 0 Å². The number of aromatic nitrogens is 2. The molecule has 0 unspecified atom stereocenters. The van der Waals surface area contributed by atoms with E-state index in [1.165, 1.54) is 12.3 Å². The molecule has 0 aliphatic heterocycles. The van der Waals surface area contributed by atoms with Gasteiger partial charge in [0.05, 0.1) is 11.6 Å². The fourth-order valence-corrected chi connectivity index (χ4v) is 4.05. The quantitative estimate of drug-likeness (QED) is 0.386. The van der Waals surface area contributed by atoms with Gasteiger partial charge in [-0.1, -0.05) is 42.8 Å². The molecule has 0 radical (unpaired) electrons. The summed E-state index contributed by atoms with van der Waals surface area (Å²) in [7, 11) is 0. The highest BCUT2D eigenvalue weighted by molar-refractivity contribution is 6.32. The lowest BCUT2D eigenvalue weighted by molar-refractivity contribution is 0.552. The first-order valence-electron chi connectivity index (χ1n) is 9.33. The third kappa shape index (κ3) is 2.81. The number of hydrogen-bond acceptors (Lipinski definition) is 3. The molecule has 0 bridgehead atoms. The monoisotopic (exact) mass is 406 g/mol. The minimum absolute atomic E-state index is 0.211. The van der Waals surface area contributed by atoms with E-state index >= 15 is 0 Å². The number of halogens is 2. The number of benzene rings is 2. The number of rotatable bonds is 3. The summed E-state index contributed by atoms with van der Waals surface area (Å²) < 4.78 is 21.7. The van der Waals surface area contributed by atoms with Crippen LogP contribution in [0.2, 0.25) is 5.02 Å². The molecule has 4 nitrogen and oxygen atoms in total. The molecule has 144 valence electrons. The minimum Gasteiger partial charge on any atom is -0.402 e. The first-order valence-corrected chi connectivity index (χ1v) is 9.71. The van der Waals surface area contributed by atoms with Crippen molar-refractivity contribution in [3.8, 4) is 0 Å². The van der Waals surface area contributed by atoms with E-state index in [0.717, 1.165) is 28.3 Å².